The van der Waals surface area contributed by atoms with Crippen LogP contribution in [0.25, 0.3) is 0 Å². The largest absolute Gasteiger partial charge is 0.357 e. The van der Waals surface area contributed by atoms with Crippen LogP contribution in [0.5, 0.6) is 0 Å². The summed E-state index contributed by atoms with van der Waals surface area (Å²) < 4.78 is 0. The number of amides is 1. The van der Waals surface area contributed by atoms with E-state index in [0.29, 0.717) is 13.1 Å². The molecule has 0 heterocycles. The summed E-state index contributed by atoms with van der Waals surface area (Å²) in [6, 6.07) is 0. The van der Waals surface area contributed by atoms with E-state index in [-0.39, 0.29) is 40.8 Å². The first-order chi connectivity index (χ1) is 11.1. The average Bonchev–Trinajstić information content (AvgIpc) is 2.99. The Labute approximate surface area is 171 Å². The lowest BCUT2D eigenvalue weighted by Gasteiger charge is -2.32. The van der Waals surface area contributed by atoms with Crippen molar-refractivity contribution < 1.29 is 4.79 Å². The van der Waals surface area contributed by atoms with Gasteiger partial charge in [-0.3, -0.25) is 9.79 Å². The molecular weight excluding hydrogens is 429 g/mol. The number of aliphatic imine (C=N–C) groups is 1. The van der Waals surface area contributed by atoms with Gasteiger partial charge in [0.25, 0.3) is 0 Å². The second kappa shape index (κ2) is 10.5. The Hall–Kier alpha value is -0.570. The molecule has 6 nitrogen and oxygen atoms in total. The molecule has 0 spiro atoms. The maximum absolute atomic E-state index is 12.7. The Morgan fingerprint density at radius 3 is 2.12 bits per heavy atom. The van der Waals surface area contributed by atoms with Crippen LogP contribution in [-0.4, -0.2) is 75.0 Å². The molecule has 7 heteroatoms. The molecule has 1 rings (SSSR count). The summed E-state index contributed by atoms with van der Waals surface area (Å²) >= 11 is 0. The zero-order valence-electron chi connectivity index (χ0n) is 17.1. The summed E-state index contributed by atoms with van der Waals surface area (Å²) in [4.78, 5) is 21.3. The third-order valence-electron chi connectivity index (χ3n) is 5.19. The summed E-state index contributed by atoms with van der Waals surface area (Å²) in [5, 5.41) is 6.72. The van der Waals surface area contributed by atoms with Gasteiger partial charge >= 0.3 is 0 Å². The molecule has 0 unspecified atom stereocenters. The first kappa shape index (κ1) is 24.4. The summed E-state index contributed by atoms with van der Waals surface area (Å²) in [6.07, 6.45) is 4.17. The molecule has 0 aliphatic heterocycles. The number of hydrogen-bond acceptors (Lipinski definition) is 3. The van der Waals surface area contributed by atoms with Crippen molar-refractivity contribution in [2.45, 2.75) is 52.0 Å². The number of rotatable bonds is 7. The second-order valence-corrected chi connectivity index (χ2v) is 7.94. The molecule has 0 aromatic heterocycles. The van der Waals surface area contributed by atoms with Gasteiger partial charge in [-0.2, -0.15) is 0 Å². The van der Waals surface area contributed by atoms with Gasteiger partial charge in [0, 0.05) is 32.7 Å². The van der Waals surface area contributed by atoms with E-state index in [1.165, 1.54) is 0 Å². The fourth-order valence-corrected chi connectivity index (χ4v) is 3.00. The Morgan fingerprint density at radius 2 is 1.68 bits per heavy atom. The van der Waals surface area contributed by atoms with E-state index < -0.39 is 0 Å². The lowest BCUT2D eigenvalue weighted by molar-refractivity contribution is -0.138. The summed E-state index contributed by atoms with van der Waals surface area (Å²) in [6.45, 7) is 8.57. The fraction of sp³-hybridized carbons (Fsp3) is 0.889. The number of guanidine groups is 1. The highest BCUT2D eigenvalue weighted by atomic mass is 127. The number of nitrogens with zero attached hydrogens (tertiary/aromatic N) is 3. The minimum atomic E-state index is -0.281. The maximum atomic E-state index is 12.7. The van der Waals surface area contributed by atoms with E-state index in [1.807, 2.05) is 14.1 Å². The van der Waals surface area contributed by atoms with Crippen LogP contribution < -0.4 is 10.6 Å². The van der Waals surface area contributed by atoms with Crippen molar-refractivity contribution in [2.24, 2.45) is 10.4 Å². The van der Waals surface area contributed by atoms with Crippen molar-refractivity contribution >= 4 is 35.8 Å². The molecule has 1 saturated carbocycles. The normalized spacial score (nSPS) is 17.2. The van der Waals surface area contributed by atoms with Gasteiger partial charge in [-0.25, -0.2) is 0 Å². The van der Waals surface area contributed by atoms with E-state index in [4.69, 9.17) is 4.99 Å². The molecule has 1 fully saturated rings. The number of halogens is 1. The first-order valence-corrected chi connectivity index (χ1v) is 9.06. The number of nitrogens with one attached hydrogen (secondary N) is 2. The van der Waals surface area contributed by atoms with E-state index in [9.17, 15) is 4.79 Å². The van der Waals surface area contributed by atoms with Crippen molar-refractivity contribution in [2.75, 3.05) is 47.8 Å². The lowest BCUT2D eigenvalue weighted by atomic mass is 9.84. The Kier molecular flexibility index (Phi) is 10.3. The van der Waals surface area contributed by atoms with Crippen LogP contribution in [0.3, 0.4) is 0 Å². The lowest BCUT2D eigenvalue weighted by Crippen LogP contribution is -2.50. The molecule has 0 aromatic rings. The Balaban J connectivity index is 0.00000576. The van der Waals surface area contributed by atoms with Crippen molar-refractivity contribution in [3.63, 3.8) is 0 Å². The molecule has 25 heavy (non-hydrogen) atoms. The highest BCUT2D eigenvalue weighted by Crippen LogP contribution is 2.38. The third-order valence-corrected chi connectivity index (χ3v) is 5.19. The van der Waals surface area contributed by atoms with Gasteiger partial charge in [0.15, 0.2) is 5.96 Å². The van der Waals surface area contributed by atoms with Gasteiger partial charge in [-0.05, 0) is 47.7 Å². The maximum Gasteiger partial charge on any atom is 0.230 e. The smallest absolute Gasteiger partial charge is 0.230 e. The summed E-state index contributed by atoms with van der Waals surface area (Å²) in [7, 11) is 7.83. The second-order valence-electron chi connectivity index (χ2n) is 7.94. The van der Waals surface area contributed by atoms with Gasteiger partial charge in [0.05, 0.1) is 12.0 Å². The molecule has 1 amide bonds. The minimum absolute atomic E-state index is 0. The van der Waals surface area contributed by atoms with Crippen molar-refractivity contribution in [1.82, 2.24) is 20.4 Å². The van der Waals surface area contributed by atoms with Gasteiger partial charge in [0.1, 0.15) is 0 Å². The van der Waals surface area contributed by atoms with Crippen molar-refractivity contribution in [3.05, 3.63) is 0 Å². The van der Waals surface area contributed by atoms with Crippen molar-refractivity contribution in [3.8, 4) is 0 Å². The molecule has 2 N–H and O–H groups in total. The van der Waals surface area contributed by atoms with E-state index in [2.05, 4.69) is 50.4 Å². The number of carbonyl (C=O) groups is 1. The van der Waals surface area contributed by atoms with Crippen LogP contribution in [0.4, 0.5) is 0 Å². The van der Waals surface area contributed by atoms with Gasteiger partial charge in [-0.15, -0.1) is 24.0 Å². The molecule has 0 atom stereocenters. The van der Waals surface area contributed by atoms with Crippen LogP contribution in [0.15, 0.2) is 4.99 Å². The fourth-order valence-electron chi connectivity index (χ4n) is 3.00. The quantitative estimate of drug-likeness (QED) is 0.342. The van der Waals surface area contributed by atoms with E-state index in [1.54, 1.807) is 4.90 Å². The summed E-state index contributed by atoms with van der Waals surface area (Å²) in [5.74, 6) is 1.03. The molecule has 1 aliphatic carbocycles. The van der Waals surface area contributed by atoms with Gasteiger partial charge in [0.2, 0.25) is 5.91 Å². The highest BCUT2D eigenvalue weighted by Gasteiger charge is 2.42. The average molecular weight is 467 g/mol. The molecule has 1 aliphatic rings. The zero-order chi connectivity index (χ0) is 18.4. The molecule has 0 aromatic carbocycles. The topological polar surface area (TPSA) is 60.0 Å². The first-order valence-electron chi connectivity index (χ1n) is 9.06. The highest BCUT2D eigenvalue weighted by molar-refractivity contribution is 14.0. The van der Waals surface area contributed by atoms with Crippen LogP contribution in [-0.2, 0) is 4.79 Å². The standard InChI is InChI=1S/C18H37N5O.HI/c1-8-19-16(20-13-17(2,3)23(6)7)21-14-18(11-9-10-12-18)15(24)22(4)5;/h8-14H2,1-7H3,(H2,19,20,21);1H. The molecule has 148 valence electrons. The monoisotopic (exact) mass is 467 g/mol. The predicted molar refractivity (Wildman–Crippen MR) is 117 cm³/mol. The number of likely N-dealkylation sites (N-methyl/N-ethyl adjacent to an activating group) is 1. The van der Waals surface area contributed by atoms with Gasteiger partial charge in [-0.1, -0.05) is 12.8 Å². The number of carbonyl (C=O) groups excluding carboxylic acids is 1. The zero-order valence-corrected chi connectivity index (χ0v) is 19.4. The van der Waals surface area contributed by atoms with E-state index in [0.717, 1.165) is 38.2 Å². The molecular formula is C18H38IN5O. The van der Waals surface area contributed by atoms with Crippen LogP contribution in [0, 0.1) is 5.41 Å². The number of hydrogen-bond donors (Lipinski definition) is 2. The molecule has 0 bridgehead atoms. The summed E-state index contributed by atoms with van der Waals surface area (Å²) in [5.41, 5.74) is -0.288. The van der Waals surface area contributed by atoms with Crippen LogP contribution in [0.1, 0.15) is 46.5 Å². The minimum Gasteiger partial charge on any atom is -0.357 e. The molecule has 0 saturated heterocycles. The Bertz CT molecular complexity index is 443. The van der Waals surface area contributed by atoms with Crippen molar-refractivity contribution in [1.29, 1.82) is 0 Å². The Morgan fingerprint density at radius 1 is 1.12 bits per heavy atom. The predicted octanol–water partition coefficient (Wildman–Crippen LogP) is 2.15. The molecule has 0 radical (unpaired) electrons. The van der Waals surface area contributed by atoms with Gasteiger partial charge < -0.3 is 20.4 Å². The van der Waals surface area contributed by atoms with Crippen LogP contribution >= 0.6 is 24.0 Å². The van der Waals surface area contributed by atoms with E-state index >= 15 is 0 Å². The van der Waals surface area contributed by atoms with Crippen LogP contribution in [0.2, 0.25) is 0 Å². The SMILES string of the molecule is CCNC(=NCC(C)(C)N(C)C)NCC1(C(=O)N(C)C)CCCC1.I. The third kappa shape index (κ3) is 6.92.